The van der Waals surface area contributed by atoms with Gasteiger partial charge in [-0.25, -0.2) is 4.79 Å². The van der Waals surface area contributed by atoms with E-state index in [9.17, 15) is 9.59 Å². The van der Waals surface area contributed by atoms with E-state index in [0.29, 0.717) is 32.9 Å². The number of hydrogen-bond donors (Lipinski definition) is 2. The maximum atomic E-state index is 12.2. The van der Waals surface area contributed by atoms with Gasteiger partial charge in [0, 0.05) is 5.69 Å². The number of aryl methyl sites for hydroxylation is 1. The molecular formula is C22H22ClN3O4S. The van der Waals surface area contributed by atoms with Crippen molar-refractivity contribution in [2.24, 2.45) is 0 Å². The number of amides is 2. The van der Waals surface area contributed by atoms with E-state index in [1.165, 1.54) is 0 Å². The Morgan fingerprint density at radius 3 is 2.19 bits per heavy atom. The molecule has 7 nitrogen and oxygen atoms in total. The van der Waals surface area contributed by atoms with Gasteiger partial charge in [0.25, 0.3) is 0 Å². The van der Waals surface area contributed by atoms with Crippen molar-refractivity contribution >= 4 is 45.8 Å². The van der Waals surface area contributed by atoms with Crippen LogP contribution in [0.3, 0.4) is 0 Å². The van der Waals surface area contributed by atoms with Gasteiger partial charge in [-0.1, -0.05) is 23.7 Å². The number of nitrogens with one attached hydrogen (secondary N) is 2. The number of carbonyl (C=O) groups is 2. The van der Waals surface area contributed by atoms with Crippen molar-refractivity contribution in [3.05, 3.63) is 64.8 Å². The third-order valence-corrected chi connectivity index (χ3v) is 5.44. The van der Waals surface area contributed by atoms with Gasteiger partial charge in [0.1, 0.15) is 16.5 Å². The molecule has 0 saturated carbocycles. The lowest BCUT2D eigenvalue weighted by atomic mass is 10.1. The molecule has 0 radical (unpaired) electrons. The van der Waals surface area contributed by atoms with Gasteiger partial charge >= 0.3 is 6.09 Å². The highest BCUT2D eigenvalue weighted by Crippen LogP contribution is 2.29. The molecule has 0 aliphatic heterocycles. The summed E-state index contributed by atoms with van der Waals surface area (Å²) in [7, 11) is 0. The summed E-state index contributed by atoms with van der Waals surface area (Å²) in [4.78, 5) is 23.9. The van der Waals surface area contributed by atoms with E-state index in [0.717, 1.165) is 17.1 Å². The third-order valence-electron chi connectivity index (χ3n) is 4.01. The molecule has 0 fully saturated rings. The van der Waals surface area contributed by atoms with Crippen LogP contribution in [0.15, 0.2) is 48.5 Å². The predicted octanol–water partition coefficient (Wildman–Crippen LogP) is 6.04. The Morgan fingerprint density at radius 2 is 1.65 bits per heavy atom. The number of benzene rings is 2. The number of anilines is 2. The maximum Gasteiger partial charge on any atom is 0.411 e. The zero-order valence-electron chi connectivity index (χ0n) is 17.3. The van der Waals surface area contributed by atoms with Gasteiger partial charge in [-0.2, -0.15) is 4.37 Å². The number of nitrogens with zero attached hydrogens (tertiary/aromatic N) is 1. The summed E-state index contributed by atoms with van der Waals surface area (Å²) in [6.07, 6.45) is -0.483. The van der Waals surface area contributed by atoms with Crippen LogP contribution >= 0.6 is 23.1 Å². The lowest BCUT2D eigenvalue weighted by Crippen LogP contribution is -2.17. The number of rotatable bonds is 7. The van der Waals surface area contributed by atoms with Gasteiger partial charge in [-0.15, -0.1) is 0 Å². The molecule has 2 amide bonds. The van der Waals surface area contributed by atoms with E-state index in [1.54, 1.807) is 57.2 Å². The Morgan fingerprint density at radius 1 is 1.03 bits per heavy atom. The zero-order chi connectivity index (χ0) is 22.4. The molecule has 9 heteroatoms. The van der Waals surface area contributed by atoms with E-state index < -0.39 is 6.09 Å². The highest BCUT2D eigenvalue weighted by Gasteiger charge is 2.12. The van der Waals surface area contributed by atoms with Crippen molar-refractivity contribution in [1.82, 2.24) is 4.37 Å². The highest BCUT2D eigenvalue weighted by molar-refractivity contribution is 7.11. The van der Waals surface area contributed by atoms with Crippen LogP contribution in [0.5, 0.6) is 11.5 Å². The van der Waals surface area contributed by atoms with Crippen LogP contribution < -0.4 is 15.4 Å². The van der Waals surface area contributed by atoms with Gasteiger partial charge < -0.3 is 14.8 Å². The first kappa shape index (κ1) is 22.6. The molecule has 0 unspecified atom stereocenters. The first-order valence-electron chi connectivity index (χ1n) is 9.56. The van der Waals surface area contributed by atoms with Crippen LogP contribution in [0.25, 0.3) is 0 Å². The Bertz CT molecular complexity index is 1050. The number of carbonyl (C=O) groups excluding carboxylic acids is 2. The second-order valence-corrected chi connectivity index (χ2v) is 8.14. The number of aromatic nitrogens is 1. The fourth-order valence-corrected chi connectivity index (χ4v) is 3.52. The molecule has 0 aliphatic rings. The predicted molar refractivity (Wildman–Crippen MR) is 122 cm³/mol. The van der Waals surface area contributed by atoms with E-state index >= 15 is 0 Å². The third kappa shape index (κ3) is 6.70. The minimum Gasteiger partial charge on any atom is -0.457 e. The summed E-state index contributed by atoms with van der Waals surface area (Å²) in [5.74, 6) is 1.08. The van der Waals surface area contributed by atoms with Crippen molar-refractivity contribution in [3.63, 3.8) is 0 Å². The molecule has 162 valence electrons. The van der Waals surface area contributed by atoms with Crippen LogP contribution in [0.2, 0.25) is 5.02 Å². The lowest BCUT2D eigenvalue weighted by Gasteiger charge is -2.10. The van der Waals surface area contributed by atoms with Crippen LogP contribution in [0.1, 0.15) is 25.1 Å². The van der Waals surface area contributed by atoms with E-state index in [-0.39, 0.29) is 18.4 Å². The molecular weight excluding hydrogens is 438 g/mol. The quantitative estimate of drug-likeness (QED) is 0.449. The molecule has 0 atom stereocenters. The SMILES string of the molecule is Cc1nsc(NC(=O)Cc2ccc(Oc3ccc(NC(=O)OC(C)C)cc3)cc2)c1Cl. The average Bonchev–Trinajstić information content (AvgIpc) is 3.02. The number of hydrogen-bond acceptors (Lipinski definition) is 6. The topological polar surface area (TPSA) is 89.5 Å². The molecule has 0 aliphatic carbocycles. The van der Waals surface area contributed by atoms with Crippen molar-refractivity contribution < 1.29 is 19.1 Å². The lowest BCUT2D eigenvalue weighted by molar-refractivity contribution is -0.115. The normalized spacial score (nSPS) is 10.6. The standard InChI is InChI=1S/C22H22ClN3O4S/c1-13(2)29-22(28)24-16-6-10-18(11-7-16)30-17-8-4-15(5-9-17)12-19(27)25-21-20(23)14(3)26-31-21/h4-11,13H,12H2,1-3H3,(H,24,28)(H,25,27). The fourth-order valence-electron chi connectivity index (χ4n) is 2.57. The summed E-state index contributed by atoms with van der Waals surface area (Å²) in [6, 6.07) is 14.2. The minimum atomic E-state index is -0.504. The molecule has 0 spiro atoms. The molecule has 1 aromatic heterocycles. The summed E-state index contributed by atoms with van der Waals surface area (Å²) in [5.41, 5.74) is 2.14. The molecule has 2 N–H and O–H groups in total. The monoisotopic (exact) mass is 459 g/mol. The van der Waals surface area contributed by atoms with Gasteiger partial charge in [-0.05, 0) is 74.3 Å². The second-order valence-electron chi connectivity index (χ2n) is 6.99. The van der Waals surface area contributed by atoms with E-state index in [4.69, 9.17) is 21.1 Å². The zero-order valence-corrected chi connectivity index (χ0v) is 18.8. The Hall–Kier alpha value is -3.10. The van der Waals surface area contributed by atoms with Crippen molar-refractivity contribution in [2.75, 3.05) is 10.6 Å². The van der Waals surface area contributed by atoms with Crippen molar-refractivity contribution in [2.45, 2.75) is 33.3 Å². The van der Waals surface area contributed by atoms with Crippen LogP contribution in [0.4, 0.5) is 15.5 Å². The highest BCUT2D eigenvalue weighted by atomic mass is 35.5. The van der Waals surface area contributed by atoms with Gasteiger partial charge in [-0.3, -0.25) is 10.1 Å². The second kappa shape index (κ2) is 10.3. The summed E-state index contributed by atoms with van der Waals surface area (Å²) >= 11 is 7.26. The average molecular weight is 460 g/mol. The van der Waals surface area contributed by atoms with E-state index in [2.05, 4.69) is 15.0 Å². The summed E-state index contributed by atoms with van der Waals surface area (Å²) in [5, 5.41) is 6.45. The molecule has 31 heavy (non-hydrogen) atoms. The number of halogens is 1. The maximum absolute atomic E-state index is 12.2. The van der Waals surface area contributed by atoms with Gasteiger partial charge in [0.05, 0.1) is 23.2 Å². The van der Waals surface area contributed by atoms with E-state index in [1.807, 2.05) is 12.1 Å². The Labute approximate surface area is 189 Å². The van der Waals surface area contributed by atoms with Gasteiger partial charge in [0.15, 0.2) is 0 Å². The van der Waals surface area contributed by atoms with Crippen molar-refractivity contribution in [1.29, 1.82) is 0 Å². The molecule has 0 saturated heterocycles. The Balaban J connectivity index is 1.52. The largest absolute Gasteiger partial charge is 0.457 e. The minimum absolute atomic E-state index is 0.168. The summed E-state index contributed by atoms with van der Waals surface area (Å²) < 4.78 is 15.0. The number of ether oxygens (including phenoxy) is 2. The van der Waals surface area contributed by atoms with Crippen LogP contribution in [0, 0.1) is 6.92 Å². The first-order chi connectivity index (χ1) is 14.8. The van der Waals surface area contributed by atoms with Gasteiger partial charge in [0.2, 0.25) is 5.91 Å². The fraction of sp³-hybridized carbons (Fsp3) is 0.227. The molecule has 3 aromatic rings. The van der Waals surface area contributed by atoms with Crippen LogP contribution in [-0.4, -0.2) is 22.5 Å². The first-order valence-corrected chi connectivity index (χ1v) is 10.7. The van der Waals surface area contributed by atoms with Crippen molar-refractivity contribution in [3.8, 4) is 11.5 Å². The smallest absolute Gasteiger partial charge is 0.411 e. The Kier molecular flexibility index (Phi) is 7.49. The molecule has 1 heterocycles. The molecule has 3 rings (SSSR count). The summed E-state index contributed by atoms with van der Waals surface area (Å²) in [6.45, 7) is 5.36. The van der Waals surface area contributed by atoms with Crippen LogP contribution in [-0.2, 0) is 16.0 Å². The molecule has 2 aromatic carbocycles. The molecule has 0 bridgehead atoms.